The Bertz CT molecular complexity index is 605. The van der Waals surface area contributed by atoms with Crippen LogP contribution >= 0.6 is 0 Å². The van der Waals surface area contributed by atoms with Crippen molar-refractivity contribution in [2.45, 2.75) is 12.8 Å². The van der Waals surface area contributed by atoms with Gasteiger partial charge >= 0.3 is 0 Å². The van der Waals surface area contributed by atoms with Gasteiger partial charge in [-0.25, -0.2) is 0 Å². The predicted molar refractivity (Wildman–Crippen MR) is 93.1 cm³/mol. The van der Waals surface area contributed by atoms with E-state index in [1.165, 1.54) is 0 Å². The molecule has 0 saturated carbocycles. The minimum Gasteiger partial charge on any atom is -0.493 e. The number of hydrogen-bond donors (Lipinski definition) is 0. The summed E-state index contributed by atoms with van der Waals surface area (Å²) in [4.78, 5) is 28.5. The second-order valence-electron chi connectivity index (χ2n) is 5.84. The van der Waals surface area contributed by atoms with Gasteiger partial charge in [0.05, 0.1) is 27.2 Å². The highest BCUT2D eigenvalue weighted by Crippen LogP contribution is 2.28. The van der Waals surface area contributed by atoms with Gasteiger partial charge in [-0.2, -0.15) is 0 Å². The zero-order chi connectivity index (χ0) is 18.2. The molecule has 1 heterocycles. The molecule has 0 unspecified atom stereocenters. The lowest BCUT2D eigenvalue weighted by molar-refractivity contribution is -0.132. The molecule has 2 amide bonds. The number of ether oxygens (including phenoxy) is 3. The molecule has 1 saturated heterocycles. The summed E-state index contributed by atoms with van der Waals surface area (Å²) in [5.41, 5.74) is 0.553. The summed E-state index contributed by atoms with van der Waals surface area (Å²) in [5.74, 6) is 1.12. The first-order chi connectivity index (χ1) is 12.1. The van der Waals surface area contributed by atoms with Crippen molar-refractivity contribution in [2.24, 2.45) is 0 Å². The highest BCUT2D eigenvalue weighted by Gasteiger charge is 2.23. The van der Waals surface area contributed by atoms with Gasteiger partial charge in [-0.1, -0.05) is 0 Å². The van der Waals surface area contributed by atoms with E-state index in [0.717, 1.165) is 6.42 Å². The third-order valence-electron chi connectivity index (χ3n) is 4.29. The molecule has 0 atom stereocenters. The van der Waals surface area contributed by atoms with Crippen molar-refractivity contribution in [3.05, 3.63) is 23.8 Å². The molecule has 0 N–H and O–H groups in total. The van der Waals surface area contributed by atoms with Crippen molar-refractivity contribution >= 4 is 11.8 Å². The van der Waals surface area contributed by atoms with Crippen molar-refractivity contribution in [1.29, 1.82) is 0 Å². The molecule has 7 heteroatoms. The lowest BCUT2D eigenvalue weighted by atomic mass is 10.1. The Morgan fingerprint density at radius 1 is 0.960 bits per heavy atom. The molecule has 0 spiro atoms. The van der Waals surface area contributed by atoms with E-state index < -0.39 is 0 Å². The zero-order valence-corrected chi connectivity index (χ0v) is 15.1. The average Bonchev–Trinajstić information content (AvgIpc) is 2.91. The molecule has 0 aromatic heterocycles. The van der Waals surface area contributed by atoms with Crippen molar-refractivity contribution in [1.82, 2.24) is 9.80 Å². The summed E-state index contributed by atoms with van der Waals surface area (Å²) in [6.45, 7) is 2.77. The third-order valence-corrected chi connectivity index (χ3v) is 4.29. The average molecular weight is 350 g/mol. The molecular formula is C18H26N2O5. The number of methoxy groups -OCH3 is 3. The van der Waals surface area contributed by atoms with Gasteiger partial charge in [0.25, 0.3) is 5.91 Å². The Morgan fingerprint density at radius 3 is 2.32 bits per heavy atom. The molecule has 1 fully saturated rings. The number of carbonyl (C=O) groups excluding carboxylic acids is 2. The minimum absolute atomic E-state index is 0.0628. The molecule has 25 heavy (non-hydrogen) atoms. The van der Waals surface area contributed by atoms with E-state index in [2.05, 4.69) is 0 Å². The lowest BCUT2D eigenvalue weighted by Crippen LogP contribution is -2.37. The fraction of sp³-hybridized carbons (Fsp3) is 0.556. The second kappa shape index (κ2) is 9.27. The molecule has 138 valence electrons. The Hall–Kier alpha value is -2.28. The van der Waals surface area contributed by atoms with Crippen molar-refractivity contribution in [3.63, 3.8) is 0 Å². The van der Waals surface area contributed by atoms with E-state index in [-0.39, 0.29) is 11.8 Å². The van der Waals surface area contributed by atoms with E-state index in [1.807, 2.05) is 0 Å². The maximum atomic E-state index is 12.8. The molecule has 7 nitrogen and oxygen atoms in total. The predicted octanol–water partition coefficient (Wildman–Crippen LogP) is 1.41. The van der Waals surface area contributed by atoms with Crippen LogP contribution in [-0.2, 0) is 9.53 Å². The van der Waals surface area contributed by atoms with Gasteiger partial charge < -0.3 is 24.0 Å². The lowest BCUT2D eigenvalue weighted by Gasteiger charge is -2.22. The van der Waals surface area contributed by atoms with Crippen LogP contribution in [0.2, 0.25) is 0 Å². The largest absolute Gasteiger partial charge is 0.493 e. The standard InChI is InChI=1S/C18H26N2O5/c1-23-12-7-17(21)19-8-4-9-20(11-10-19)18(22)14-5-6-15(24-2)16(13-14)25-3/h5-6,13H,4,7-12H2,1-3H3. The Balaban J connectivity index is 2.02. The maximum absolute atomic E-state index is 12.8. The first kappa shape index (κ1) is 19.1. The summed E-state index contributed by atoms with van der Waals surface area (Å²) < 4.78 is 15.4. The van der Waals surface area contributed by atoms with Crippen LogP contribution in [0.4, 0.5) is 0 Å². The van der Waals surface area contributed by atoms with Gasteiger partial charge in [-0.05, 0) is 24.6 Å². The minimum atomic E-state index is -0.0628. The van der Waals surface area contributed by atoms with Gasteiger partial charge in [0.2, 0.25) is 5.91 Å². The molecule has 0 aliphatic carbocycles. The van der Waals surface area contributed by atoms with Gasteiger partial charge in [0.1, 0.15) is 0 Å². The summed E-state index contributed by atoms with van der Waals surface area (Å²) in [5, 5.41) is 0. The van der Waals surface area contributed by atoms with E-state index in [4.69, 9.17) is 14.2 Å². The van der Waals surface area contributed by atoms with Crippen LogP contribution in [0.3, 0.4) is 0 Å². The normalized spacial score (nSPS) is 14.8. The van der Waals surface area contributed by atoms with Gasteiger partial charge in [-0.15, -0.1) is 0 Å². The second-order valence-corrected chi connectivity index (χ2v) is 5.84. The maximum Gasteiger partial charge on any atom is 0.254 e. The summed E-state index contributed by atoms with van der Waals surface area (Å²) >= 11 is 0. The Labute approximate surface area is 148 Å². The molecular weight excluding hydrogens is 324 g/mol. The molecule has 1 aromatic rings. The van der Waals surface area contributed by atoms with Crippen molar-refractivity contribution in [2.75, 3.05) is 54.1 Å². The van der Waals surface area contributed by atoms with Crippen LogP contribution in [0.25, 0.3) is 0 Å². The quantitative estimate of drug-likeness (QED) is 0.776. The third kappa shape index (κ3) is 4.85. The topological polar surface area (TPSA) is 68.3 Å². The first-order valence-electron chi connectivity index (χ1n) is 8.38. The number of carbonyl (C=O) groups is 2. The fourth-order valence-electron chi connectivity index (χ4n) is 2.87. The van der Waals surface area contributed by atoms with Crippen LogP contribution in [-0.4, -0.2) is 75.7 Å². The molecule has 1 aliphatic rings. The molecule has 0 bridgehead atoms. The van der Waals surface area contributed by atoms with Crippen molar-refractivity contribution in [3.8, 4) is 11.5 Å². The summed E-state index contributed by atoms with van der Waals surface area (Å²) in [7, 11) is 4.68. The van der Waals surface area contributed by atoms with Crippen LogP contribution in [0, 0.1) is 0 Å². The molecule has 1 aromatic carbocycles. The SMILES string of the molecule is COCCC(=O)N1CCCN(C(=O)c2ccc(OC)c(OC)c2)CC1. The van der Waals surface area contributed by atoms with Crippen molar-refractivity contribution < 1.29 is 23.8 Å². The monoisotopic (exact) mass is 350 g/mol. The summed E-state index contributed by atoms with van der Waals surface area (Å²) in [6, 6.07) is 5.15. The van der Waals surface area contributed by atoms with Gasteiger partial charge in [0, 0.05) is 38.9 Å². The number of nitrogens with zero attached hydrogens (tertiary/aromatic N) is 2. The molecule has 2 rings (SSSR count). The number of benzene rings is 1. The number of rotatable bonds is 6. The van der Waals surface area contributed by atoms with Gasteiger partial charge in [0.15, 0.2) is 11.5 Å². The van der Waals surface area contributed by atoms with E-state index >= 15 is 0 Å². The van der Waals surface area contributed by atoms with Crippen LogP contribution in [0.15, 0.2) is 18.2 Å². The van der Waals surface area contributed by atoms with Crippen LogP contribution in [0.5, 0.6) is 11.5 Å². The Morgan fingerprint density at radius 2 is 1.64 bits per heavy atom. The highest BCUT2D eigenvalue weighted by molar-refractivity contribution is 5.95. The molecule has 0 radical (unpaired) electrons. The van der Waals surface area contributed by atoms with Crippen LogP contribution < -0.4 is 9.47 Å². The van der Waals surface area contributed by atoms with Crippen LogP contribution in [0.1, 0.15) is 23.2 Å². The smallest absolute Gasteiger partial charge is 0.254 e. The highest BCUT2D eigenvalue weighted by atomic mass is 16.5. The van der Waals surface area contributed by atoms with E-state index in [1.54, 1.807) is 49.3 Å². The van der Waals surface area contributed by atoms with Gasteiger partial charge in [-0.3, -0.25) is 9.59 Å². The zero-order valence-electron chi connectivity index (χ0n) is 15.1. The van der Waals surface area contributed by atoms with E-state index in [9.17, 15) is 9.59 Å². The summed E-state index contributed by atoms with van der Waals surface area (Å²) in [6.07, 6.45) is 1.14. The molecule has 1 aliphatic heterocycles. The fourth-order valence-corrected chi connectivity index (χ4v) is 2.87. The number of hydrogen-bond acceptors (Lipinski definition) is 5. The first-order valence-corrected chi connectivity index (χ1v) is 8.38. The number of amides is 2. The van der Waals surface area contributed by atoms with E-state index in [0.29, 0.717) is 56.3 Å². The Kier molecular flexibility index (Phi) is 7.06.